The lowest BCUT2D eigenvalue weighted by atomic mass is 10.1. The molecule has 1 rings (SSSR count). The van der Waals surface area contributed by atoms with Gasteiger partial charge in [0, 0.05) is 24.8 Å². The SMILES string of the molecule is CCCN(C)c1ccc(C(F)(F)F)cc1C(=N)N. The number of nitrogens with zero attached hydrogens (tertiary/aromatic N) is 1. The fraction of sp³-hybridized carbons (Fsp3) is 0.417. The molecular weight excluding hydrogens is 243 g/mol. The van der Waals surface area contributed by atoms with Gasteiger partial charge in [-0.2, -0.15) is 13.2 Å². The van der Waals surface area contributed by atoms with Gasteiger partial charge in [-0.15, -0.1) is 0 Å². The quantitative estimate of drug-likeness (QED) is 0.645. The fourth-order valence-electron chi connectivity index (χ4n) is 1.72. The Kier molecular flexibility index (Phi) is 4.21. The van der Waals surface area contributed by atoms with Gasteiger partial charge in [0.1, 0.15) is 5.84 Å². The van der Waals surface area contributed by atoms with Crippen LogP contribution in [-0.4, -0.2) is 19.4 Å². The molecule has 1 aromatic rings. The molecule has 0 saturated heterocycles. The summed E-state index contributed by atoms with van der Waals surface area (Å²) in [6, 6.07) is 3.28. The Bertz CT molecular complexity index is 441. The van der Waals surface area contributed by atoms with E-state index in [1.54, 1.807) is 11.9 Å². The highest BCUT2D eigenvalue weighted by molar-refractivity contribution is 6.00. The van der Waals surface area contributed by atoms with E-state index in [1.807, 2.05) is 6.92 Å². The summed E-state index contributed by atoms with van der Waals surface area (Å²) >= 11 is 0. The molecule has 0 radical (unpaired) electrons. The fourth-order valence-corrected chi connectivity index (χ4v) is 1.72. The maximum atomic E-state index is 12.6. The molecule has 0 spiro atoms. The normalized spacial score (nSPS) is 11.4. The number of hydrogen-bond donors (Lipinski definition) is 2. The number of halogens is 3. The van der Waals surface area contributed by atoms with Crippen molar-refractivity contribution in [1.29, 1.82) is 5.41 Å². The molecule has 0 atom stereocenters. The summed E-state index contributed by atoms with van der Waals surface area (Å²) in [6.45, 7) is 2.65. The van der Waals surface area contributed by atoms with Crippen LogP contribution in [-0.2, 0) is 6.18 Å². The molecule has 0 aliphatic rings. The van der Waals surface area contributed by atoms with Crippen LogP contribution in [0.1, 0.15) is 24.5 Å². The third-order valence-electron chi connectivity index (χ3n) is 2.58. The zero-order chi connectivity index (χ0) is 13.9. The van der Waals surface area contributed by atoms with Gasteiger partial charge in [-0.05, 0) is 24.6 Å². The van der Waals surface area contributed by atoms with Gasteiger partial charge < -0.3 is 10.6 Å². The number of nitrogens with one attached hydrogen (secondary N) is 1. The van der Waals surface area contributed by atoms with E-state index in [0.717, 1.165) is 18.6 Å². The first-order valence-corrected chi connectivity index (χ1v) is 5.54. The van der Waals surface area contributed by atoms with Gasteiger partial charge in [0.2, 0.25) is 0 Å². The van der Waals surface area contributed by atoms with Crippen LogP contribution < -0.4 is 10.6 Å². The monoisotopic (exact) mass is 259 g/mol. The van der Waals surface area contributed by atoms with E-state index in [0.29, 0.717) is 12.2 Å². The number of hydrogen-bond acceptors (Lipinski definition) is 2. The maximum absolute atomic E-state index is 12.6. The summed E-state index contributed by atoms with van der Waals surface area (Å²) in [5.41, 5.74) is 5.21. The van der Waals surface area contributed by atoms with Gasteiger partial charge in [0.15, 0.2) is 0 Å². The second-order valence-electron chi connectivity index (χ2n) is 4.06. The van der Waals surface area contributed by atoms with E-state index in [4.69, 9.17) is 11.1 Å². The Labute approximate surface area is 104 Å². The van der Waals surface area contributed by atoms with Crippen molar-refractivity contribution in [2.75, 3.05) is 18.5 Å². The summed E-state index contributed by atoms with van der Waals surface area (Å²) < 4.78 is 37.8. The Balaban J connectivity index is 3.25. The van der Waals surface area contributed by atoms with Crippen LogP contribution in [0.2, 0.25) is 0 Å². The number of anilines is 1. The van der Waals surface area contributed by atoms with Crippen molar-refractivity contribution < 1.29 is 13.2 Å². The minimum absolute atomic E-state index is 0.112. The average molecular weight is 259 g/mol. The number of alkyl halides is 3. The number of amidine groups is 1. The lowest BCUT2D eigenvalue weighted by Gasteiger charge is -2.22. The van der Waals surface area contributed by atoms with Gasteiger partial charge in [-0.3, -0.25) is 5.41 Å². The summed E-state index contributed by atoms with van der Waals surface area (Å²) in [5, 5.41) is 7.39. The van der Waals surface area contributed by atoms with Gasteiger partial charge in [-0.1, -0.05) is 6.92 Å². The van der Waals surface area contributed by atoms with E-state index in [2.05, 4.69) is 0 Å². The lowest BCUT2D eigenvalue weighted by molar-refractivity contribution is -0.137. The lowest BCUT2D eigenvalue weighted by Crippen LogP contribution is -2.23. The second-order valence-corrected chi connectivity index (χ2v) is 4.06. The van der Waals surface area contributed by atoms with Gasteiger partial charge >= 0.3 is 6.18 Å². The van der Waals surface area contributed by atoms with Crippen molar-refractivity contribution in [1.82, 2.24) is 0 Å². The Morgan fingerprint density at radius 1 is 1.39 bits per heavy atom. The predicted octanol–water partition coefficient (Wildman–Crippen LogP) is 2.84. The molecule has 0 aliphatic heterocycles. The molecule has 3 N–H and O–H groups in total. The number of rotatable bonds is 4. The van der Waals surface area contributed by atoms with Crippen molar-refractivity contribution in [2.24, 2.45) is 5.73 Å². The zero-order valence-corrected chi connectivity index (χ0v) is 10.3. The van der Waals surface area contributed by atoms with Gasteiger partial charge in [0.05, 0.1) is 5.56 Å². The first-order chi connectivity index (χ1) is 8.27. The predicted molar refractivity (Wildman–Crippen MR) is 66.0 cm³/mol. The van der Waals surface area contributed by atoms with Crippen LogP contribution in [0.5, 0.6) is 0 Å². The van der Waals surface area contributed by atoms with E-state index in [-0.39, 0.29) is 11.4 Å². The second kappa shape index (κ2) is 5.29. The topological polar surface area (TPSA) is 53.1 Å². The van der Waals surface area contributed by atoms with Crippen LogP contribution in [0, 0.1) is 5.41 Å². The van der Waals surface area contributed by atoms with E-state index in [9.17, 15) is 13.2 Å². The standard InChI is InChI=1S/C12H16F3N3/c1-3-6-18(2)10-5-4-8(12(13,14)15)7-9(10)11(16)17/h4-5,7H,3,6H2,1-2H3,(H3,16,17). The van der Waals surface area contributed by atoms with Crippen molar-refractivity contribution in [2.45, 2.75) is 19.5 Å². The molecule has 0 saturated carbocycles. The minimum atomic E-state index is -4.42. The van der Waals surface area contributed by atoms with E-state index >= 15 is 0 Å². The highest BCUT2D eigenvalue weighted by Gasteiger charge is 2.31. The molecule has 1 aromatic carbocycles. The molecule has 6 heteroatoms. The third kappa shape index (κ3) is 3.15. The van der Waals surface area contributed by atoms with Gasteiger partial charge in [-0.25, -0.2) is 0 Å². The van der Waals surface area contributed by atoms with Crippen LogP contribution in [0.15, 0.2) is 18.2 Å². The smallest absolute Gasteiger partial charge is 0.384 e. The Morgan fingerprint density at radius 3 is 2.44 bits per heavy atom. The molecule has 3 nitrogen and oxygen atoms in total. The maximum Gasteiger partial charge on any atom is 0.416 e. The van der Waals surface area contributed by atoms with Crippen LogP contribution in [0.4, 0.5) is 18.9 Å². The molecule has 0 unspecified atom stereocenters. The molecule has 0 aliphatic carbocycles. The molecule has 100 valence electrons. The molecular formula is C12H16F3N3. The van der Waals surface area contributed by atoms with Crippen molar-refractivity contribution >= 4 is 11.5 Å². The van der Waals surface area contributed by atoms with Gasteiger partial charge in [0.25, 0.3) is 0 Å². The number of nitrogens with two attached hydrogens (primary N) is 1. The van der Waals surface area contributed by atoms with E-state index in [1.165, 1.54) is 6.07 Å². The summed E-state index contributed by atoms with van der Waals surface area (Å²) in [7, 11) is 1.76. The third-order valence-corrected chi connectivity index (χ3v) is 2.58. The molecule has 0 fully saturated rings. The zero-order valence-electron chi connectivity index (χ0n) is 10.3. The largest absolute Gasteiger partial charge is 0.416 e. The minimum Gasteiger partial charge on any atom is -0.384 e. The van der Waals surface area contributed by atoms with E-state index < -0.39 is 11.7 Å². The van der Waals surface area contributed by atoms with Crippen LogP contribution in [0.25, 0.3) is 0 Å². The Morgan fingerprint density at radius 2 is 2.00 bits per heavy atom. The van der Waals surface area contributed by atoms with Crippen LogP contribution in [0.3, 0.4) is 0 Å². The number of nitrogen functional groups attached to an aromatic ring is 1. The van der Waals surface area contributed by atoms with Crippen molar-refractivity contribution in [3.8, 4) is 0 Å². The molecule has 0 bridgehead atoms. The van der Waals surface area contributed by atoms with Crippen LogP contribution >= 0.6 is 0 Å². The average Bonchev–Trinajstić information content (AvgIpc) is 2.27. The number of benzene rings is 1. The highest BCUT2D eigenvalue weighted by Crippen LogP contribution is 2.32. The van der Waals surface area contributed by atoms with Crippen molar-refractivity contribution in [3.05, 3.63) is 29.3 Å². The molecule has 0 aromatic heterocycles. The van der Waals surface area contributed by atoms with Crippen molar-refractivity contribution in [3.63, 3.8) is 0 Å². The highest BCUT2D eigenvalue weighted by atomic mass is 19.4. The summed E-state index contributed by atoms with van der Waals surface area (Å²) in [5.74, 6) is -0.362. The molecule has 0 amide bonds. The summed E-state index contributed by atoms with van der Waals surface area (Å²) in [6.07, 6.45) is -3.57. The molecule has 0 heterocycles. The summed E-state index contributed by atoms with van der Waals surface area (Å²) in [4.78, 5) is 1.79. The molecule has 18 heavy (non-hydrogen) atoms. The first-order valence-electron chi connectivity index (χ1n) is 5.54. The first kappa shape index (κ1) is 14.3. The Hall–Kier alpha value is -1.72.